The second-order valence-electron chi connectivity index (χ2n) is 2.28. The first-order chi connectivity index (χ1) is 4.30. The topological polar surface area (TPSA) is 38.3 Å². The normalized spacial score (nSPS) is 29.0. The summed E-state index contributed by atoms with van der Waals surface area (Å²) in [5.74, 6) is 0.222. The Bertz CT molecular complexity index is 114. The van der Waals surface area contributed by atoms with Gasteiger partial charge in [-0.3, -0.25) is 4.79 Å². The minimum atomic E-state index is 0.104. The summed E-state index contributed by atoms with van der Waals surface area (Å²) in [4.78, 5) is 10.8. The maximum Gasteiger partial charge on any atom is 0.224 e. The summed E-state index contributed by atoms with van der Waals surface area (Å²) in [6.07, 6.45) is 0.839. The Kier molecular flexibility index (Phi) is 2.05. The number of hydrogen-bond acceptors (Lipinski definition) is 2. The third-order valence-electron chi connectivity index (χ3n) is 1.49. The van der Waals surface area contributed by atoms with Gasteiger partial charge in [0, 0.05) is 12.5 Å². The van der Waals surface area contributed by atoms with Gasteiger partial charge in [-0.25, -0.2) is 0 Å². The van der Waals surface area contributed by atoms with Gasteiger partial charge in [0.25, 0.3) is 0 Å². The van der Waals surface area contributed by atoms with E-state index in [0.717, 1.165) is 6.42 Å². The zero-order valence-corrected chi connectivity index (χ0v) is 5.52. The van der Waals surface area contributed by atoms with Gasteiger partial charge in [0.05, 0.1) is 0 Å². The summed E-state index contributed by atoms with van der Waals surface area (Å²) < 4.78 is 5.00. The van der Waals surface area contributed by atoms with Gasteiger partial charge in [0.15, 0.2) is 0 Å². The average Bonchev–Trinajstić information content (AvgIpc) is 1.99. The fourth-order valence-electron chi connectivity index (χ4n) is 0.760. The van der Waals surface area contributed by atoms with Crippen LogP contribution in [0.25, 0.3) is 0 Å². The highest BCUT2D eigenvalue weighted by Crippen LogP contribution is 2.03. The monoisotopic (exact) mass is 129 g/mol. The molecule has 1 N–H and O–H groups in total. The Morgan fingerprint density at radius 1 is 1.78 bits per heavy atom. The molecule has 1 amide bonds. The third kappa shape index (κ3) is 1.68. The zero-order chi connectivity index (χ0) is 6.69. The predicted molar refractivity (Wildman–Crippen MR) is 32.7 cm³/mol. The van der Waals surface area contributed by atoms with E-state index in [1.165, 1.54) is 0 Å². The molecule has 1 rings (SSSR count). The number of hydrogen-bond donors (Lipinski definition) is 1. The van der Waals surface area contributed by atoms with Crippen LogP contribution < -0.4 is 5.32 Å². The minimum absolute atomic E-state index is 0.104. The SMILES string of the molecule is CC1CCOCNC1=O. The molecule has 1 heterocycles. The summed E-state index contributed by atoms with van der Waals surface area (Å²) >= 11 is 0. The van der Waals surface area contributed by atoms with Crippen molar-refractivity contribution in [3.8, 4) is 0 Å². The summed E-state index contributed by atoms with van der Waals surface area (Å²) in [5.41, 5.74) is 0. The molecule has 3 nitrogen and oxygen atoms in total. The van der Waals surface area contributed by atoms with E-state index < -0.39 is 0 Å². The Labute approximate surface area is 54.4 Å². The zero-order valence-electron chi connectivity index (χ0n) is 5.52. The molecule has 0 radical (unpaired) electrons. The van der Waals surface area contributed by atoms with E-state index in [-0.39, 0.29) is 11.8 Å². The highest BCUT2D eigenvalue weighted by Gasteiger charge is 2.14. The number of carbonyl (C=O) groups excluding carboxylic acids is 1. The van der Waals surface area contributed by atoms with Crippen molar-refractivity contribution in [1.82, 2.24) is 5.32 Å². The molecule has 0 spiro atoms. The highest BCUT2D eigenvalue weighted by molar-refractivity contribution is 5.78. The van der Waals surface area contributed by atoms with Crippen LogP contribution in [0, 0.1) is 5.92 Å². The molecule has 0 aromatic carbocycles. The summed E-state index contributed by atoms with van der Waals surface area (Å²) in [5, 5.41) is 2.63. The van der Waals surface area contributed by atoms with Crippen molar-refractivity contribution in [3.05, 3.63) is 0 Å². The Morgan fingerprint density at radius 2 is 2.56 bits per heavy atom. The molecule has 0 aromatic rings. The summed E-state index contributed by atoms with van der Waals surface area (Å²) in [6, 6.07) is 0. The fourth-order valence-corrected chi connectivity index (χ4v) is 0.760. The van der Waals surface area contributed by atoms with Gasteiger partial charge in [-0.1, -0.05) is 6.92 Å². The van der Waals surface area contributed by atoms with Gasteiger partial charge >= 0.3 is 0 Å². The molecule has 1 fully saturated rings. The maximum atomic E-state index is 10.8. The van der Waals surface area contributed by atoms with E-state index in [0.29, 0.717) is 13.3 Å². The van der Waals surface area contributed by atoms with Crippen LogP contribution in [0.5, 0.6) is 0 Å². The van der Waals surface area contributed by atoms with Crippen molar-refractivity contribution in [3.63, 3.8) is 0 Å². The predicted octanol–water partition coefficient (Wildman–Crippen LogP) is 0.116. The van der Waals surface area contributed by atoms with Crippen LogP contribution in [0.3, 0.4) is 0 Å². The molecule has 0 bridgehead atoms. The number of amides is 1. The first-order valence-corrected chi connectivity index (χ1v) is 3.16. The number of ether oxygens (including phenoxy) is 1. The summed E-state index contributed by atoms with van der Waals surface area (Å²) in [6.45, 7) is 2.98. The Morgan fingerprint density at radius 3 is 3.33 bits per heavy atom. The lowest BCUT2D eigenvalue weighted by Crippen LogP contribution is -2.27. The molecule has 1 aliphatic heterocycles. The molecule has 0 aromatic heterocycles. The molecule has 0 saturated carbocycles. The molecule has 9 heavy (non-hydrogen) atoms. The van der Waals surface area contributed by atoms with Gasteiger partial charge in [0.2, 0.25) is 5.91 Å². The van der Waals surface area contributed by atoms with Crippen LogP contribution in [0.4, 0.5) is 0 Å². The number of nitrogens with one attached hydrogen (secondary N) is 1. The van der Waals surface area contributed by atoms with Gasteiger partial charge in [0.1, 0.15) is 6.73 Å². The van der Waals surface area contributed by atoms with Crippen molar-refractivity contribution in [2.24, 2.45) is 5.92 Å². The van der Waals surface area contributed by atoms with Crippen LogP contribution in [0.2, 0.25) is 0 Å². The largest absolute Gasteiger partial charge is 0.361 e. The molecule has 1 saturated heterocycles. The lowest BCUT2D eigenvalue weighted by atomic mass is 10.1. The lowest BCUT2D eigenvalue weighted by molar-refractivity contribution is -0.124. The van der Waals surface area contributed by atoms with Crippen LogP contribution >= 0.6 is 0 Å². The van der Waals surface area contributed by atoms with Crippen molar-refractivity contribution < 1.29 is 9.53 Å². The average molecular weight is 129 g/mol. The molecular weight excluding hydrogens is 118 g/mol. The highest BCUT2D eigenvalue weighted by atomic mass is 16.5. The second-order valence-corrected chi connectivity index (χ2v) is 2.28. The van der Waals surface area contributed by atoms with Crippen LogP contribution in [-0.2, 0) is 9.53 Å². The molecule has 0 aliphatic carbocycles. The Hall–Kier alpha value is -0.570. The van der Waals surface area contributed by atoms with Crippen LogP contribution in [0.15, 0.2) is 0 Å². The Balaban J connectivity index is 2.41. The van der Waals surface area contributed by atoms with E-state index in [4.69, 9.17) is 4.74 Å². The van der Waals surface area contributed by atoms with Gasteiger partial charge in [-0.15, -0.1) is 0 Å². The van der Waals surface area contributed by atoms with Gasteiger partial charge < -0.3 is 10.1 Å². The van der Waals surface area contributed by atoms with E-state index in [2.05, 4.69) is 5.32 Å². The number of rotatable bonds is 0. The van der Waals surface area contributed by atoms with E-state index in [1.807, 2.05) is 6.92 Å². The van der Waals surface area contributed by atoms with Crippen LogP contribution in [0.1, 0.15) is 13.3 Å². The van der Waals surface area contributed by atoms with Crippen molar-refractivity contribution in [2.75, 3.05) is 13.3 Å². The van der Waals surface area contributed by atoms with Crippen molar-refractivity contribution >= 4 is 5.91 Å². The molecule has 52 valence electrons. The molecule has 1 aliphatic rings. The molecular formula is C6H11NO2. The standard InChI is InChI=1S/C6H11NO2/c1-5-2-3-9-4-7-6(5)8/h5H,2-4H2,1H3,(H,7,8). The lowest BCUT2D eigenvalue weighted by Gasteiger charge is -2.02. The molecule has 1 unspecified atom stereocenters. The second kappa shape index (κ2) is 2.82. The summed E-state index contributed by atoms with van der Waals surface area (Å²) in [7, 11) is 0. The van der Waals surface area contributed by atoms with E-state index >= 15 is 0 Å². The minimum Gasteiger partial charge on any atom is -0.361 e. The van der Waals surface area contributed by atoms with Gasteiger partial charge in [-0.2, -0.15) is 0 Å². The van der Waals surface area contributed by atoms with Crippen molar-refractivity contribution in [1.29, 1.82) is 0 Å². The first-order valence-electron chi connectivity index (χ1n) is 3.16. The van der Waals surface area contributed by atoms with E-state index in [1.54, 1.807) is 0 Å². The fraction of sp³-hybridized carbons (Fsp3) is 0.833. The van der Waals surface area contributed by atoms with Crippen molar-refractivity contribution in [2.45, 2.75) is 13.3 Å². The third-order valence-corrected chi connectivity index (χ3v) is 1.49. The maximum absolute atomic E-state index is 10.8. The van der Waals surface area contributed by atoms with Crippen LogP contribution in [-0.4, -0.2) is 19.2 Å². The molecule has 3 heteroatoms. The number of carbonyl (C=O) groups is 1. The smallest absolute Gasteiger partial charge is 0.224 e. The van der Waals surface area contributed by atoms with Gasteiger partial charge in [-0.05, 0) is 6.42 Å². The van der Waals surface area contributed by atoms with E-state index in [9.17, 15) is 4.79 Å². The first kappa shape index (κ1) is 6.55. The molecule has 1 atom stereocenters. The quantitative estimate of drug-likeness (QED) is 0.504.